The molecule has 0 atom stereocenters. The summed E-state index contributed by atoms with van der Waals surface area (Å²) in [4.78, 5) is 4.52. The van der Waals surface area contributed by atoms with Gasteiger partial charge in [0.15, 0.2) is 0 Å². The Morgan fingerprint density at radius 3 is 2.42 bits per heavy atom. The molecule has 0 bridgehead atoms. The molecule has 0 unspecified atom stereocenters. The van der Waals surface area contributed by atoms with Crippen LogP contribution in [-0.2, 0) is 0 Å². The van der Waals surface area contributed by atoms with E-state index < -0.39 is 0 Å². The topological polar surface area (TPSA) is 59.1 Å². The molecule has 3 rings (SSSR count). The van der Waals surface area contributed by atoms with Gasteiger partial charge in [-0.3, -0.25) is 0 Å². The van der Waals surface area contributed by atoms with E-state index in [9.17, 15) is 5.11 Å². The highest BCUT2D eigenvalue weighted by molar-refractivity contribution is 7.21. The summed E-state index contributed by atoms with van der Waals surface area (Å²) in [5, 5.41) is 10.3. The van der Waals surface area contributed by atoms with Gasteiger partial charge in [0.2, 0.25) is 0 Å². The van der Waals surface area contributed by atoms with Gasteiger partial charge in [-0.1, -0.05) is 13.8 Å². The first-order chi connectivity index (χ1) is 9.22. The Hall–Kier alpha value is -2.07. The second-order valence-corrected chi connectivity index (χ2v) is 4.82. The largest absolute Gasteiger partial charge is 0.508 e. The summed E-state index contributed by atoms with van der Waals surface area (Å²) in [6, 6.07) is 12.8. The standard InChI is InChI=1S/C13H10N2OS.C2H6/c14-9-3-1-8(2-4-9)13-15-11-6-5-10(16)7-12(11)17-13;1-2/h1-7,16H,14H2;1-2H3. The van der Waals surface area contributed by atoms with Crippen molar-refractivity contribution in [1.82, 2.24) is 4.98 Å². The molecule has 0 radical (unpaired) electrons. The maximum atomic E-state index is 9.41. The van der Waals surface area contributed by atoms with Gasteiger partial charge in [-0.25, -0.2) is 4.98 Å². The molecule has 0 aliphatic heterocycles. The molecule has 0 aliphatic carbocycles. The van der Waals surface area contributed by atoms with Gasteiger partial charge in [0.25, 0.3) is 0 Å². The first-order valence-electron chi connectivity index (χ1n) is 6.18. The predicted molar refractivity (Wildman–Crippen MR) is 82.5 cm³/mol. The fraction of sp³-hybridized carbons (Fsp3) is 0.133. The molecule has 3 aromatic rings. The average Bonchev–Trinajstić information content (AvgIpc) is 2.84. The van der Waals surface area contributed by atoms with Gasteiger partial charge in [0.05, 0.1) is 10.2 Å². The number of aromatic hydroxyl groups is 1. The molecule has 0 spiro atoms. The van der Waals surface area contributed by atoms with Crippen LogP contribution in [-0.4, -0.2) is 10.1 Å². The van der Waals surface area contributed by atoms with E-state index in [1.165, 1.54) is 0 Å². The van der Waals surface area contributed by atoms with Crippen molar-refractivity contribution in [3.63, 3.8) is 0 Å². The smallest absolute Gasteiger partial charge is 0.124 e. The maximum absolute atomic E-state index is 9.41. The zero-order valence-electron chi connectivity index (χ0n) is 10.9. The van der Waals surface area contributed by atoms with E-state index in [2.05, 4.69) is 4.98 Å². The first-order valence-corrected chi connectivity index (χ1v) is 6.99. The first kappa shape index (κ1) is 13.4. The number of phenolic OH excluding ortho intramolecular Hbond substituents is 1. The van der Waals surface area contributed by atoms with Crippen LogP contribution in [0.4, 0.5) is 5.69 Å². The van der Waals surface area contributed by atoms with Gasteiger partial charge < -0.3 is 10.8 Å². The van der Waals surface area contributed by atoms with Gasteiger partial charge in [0, 0.05) is 11.3 Å². The van der Waals surface area contributed by atoms with Crippen LogP contribution >= 0.6 is 11.3 Å². The molecule has 19 heavy (non-hydrogen) atoms. The zero-order valence-corrected chi connectivity index (χ0v) is 11.7. The lowest BCUT2D eigenvalue weighted by molar-refractivity contribution is 0.476. The molecule has 3 N–H and O–H groups in total. The van der Waals surface area contributed by atoms with Crippen LogP contribution in [0, 0.1) is 0 Å². The van der Waals surface area contributed by atoms with Crippen LogP contribution in [0.1, 0.15) is 13.8 Å². The monoisotopic (exact) mass is 272 g/mol. The number of nitrogens with two attached hydrogens (primary N) is 1. The number of anilines is 1. The van der Waals surface area contributed by atoms with Crippen LogP contribution in [0.25, 0.3) is 20.8 Å². The summed E-state index contributed by atoms with van der Waals surface area (Å²) in [6.45, 7) is 4.00. The van der Waals surface area contributed by atoms with Crippen molar-refractivity contribution in [3.05, 3.63) is 42.5 Å². The fourth-order valence-electron chi connectivity index (χ4n) is 1.66. The highest BCUT2D eigenvalue weighted by Crippen LogP contribution is 2.32. The van der Waals surface area contributed by atoms with Crippen LogP contribution in [0.3, 0.4) is 0 Å². The van der Waals surface area contributed by atoms with Crippen LogP contribution in [0.2, 0.25) is 0 Å². The Morgan fingerprint density at radius 1 is 1.05 bits per heavy atom. The van der Waals surface area contributed by atoms with Crippen molar-refractivity contribution in [1.29, 1.82) is 0 Å². The summed E-state index contributed by atoms with van der Waals surface area (Å²) >= 11 is 1.56. The molecule has 0 fully saturated rings. The van der Waals surface area contributed by atoms with E-state index >= 15 is 0 Å². The second kappa shape index (κ2) is 5.71. The van der Waals surface area contributed by atoms with Gasteiger partial charge >= 0.3 is 0 Å². The Kier molecular flexibility index (Phi) is 4.02. The molecule has 4 heteroatoms. The molecule has 0 saturated heterocycles. The number of benzene rings is 2. The molecular weight excluding hydrogens is 256 g/mol. The molecule has 98 valence electrons. The molecule has 0 saturated carbocycles. The van der Waals surface area contributed by atoms with Crippen molar-refractivity contribution in [2.75, 3.05) is 5.73 Å². The second-order valence-electron chi connectivity index (χ2n) is 3.79. The summed E-state index contributed by atoms with van der Waals surface area (Å²) in [6.07, 6.45) is 0. The van der Waals surface area contributed by atoms with Crippen molar-refractivity contribution < 1.29 is 5.11 Å². The molecule has 3 nitrogen and oxygen atoms in total. The van der Waals surface area contributed by atoms with E-state index in [0.29, 0.717) is 0 Å². The molecular formula is C15H16N2OS. The summed E-state index contributed by atoms with van der Waals surface area (Å²) in [7, 11) is 0. The third-order valence-electron chi connectivity index (χ3n) is 2.53. The number of nitrogen functional groups attached to an aromatic ring is 1. The Morgan fingerprint density at radius 2 is 1.74 bits per heavy atom. The number of fused-ring (bicyclic) bond motifs is 1. The van der Waals surface area contributed by atoms with Gasteiger partial charge in [0.1, 0.15) is 10.8 Å². The number of nitrogens with zero attached hydrogens (tertiary/aromatic N) is 1. The lowest BCUT2D eigenvalue weighted by atomic mass is 10.2. The van der Waals surface area contributed by atoms with Crippen molar-refractivity contribution in [3.8, 4) is 16.3 Å². The predicted octanol–water partition coefficient (Wildman–Crippen LogP) is 4.28. The van der Waals surface area contributed by atoms with Gasteiger partial charge in [-0.15, -0.1) is 11.3 Å². The number of aromatic nitrogens is 1. The molecule has 1 aromatic heterocycles. The minimum atomic E-state index is 0.269. The minimum absolute atomic E-state index is 0.269. The normalized spacial score (nSPS) is 10.0. The molecule has 0 amide bonds. The molecule has 2 aromatic carbocycles. The third kappa shape index (κ3) is 2.85. The van der Waals surface area contributed by atoms with Crippen molar-refractivity contribution >= 4 is 27.2 Å². The quantitative estimate of drug-likeness (QED) is 0.650. The van der Waals surface area contributed by atoms with E-state index in [1.807, 2.05) is 44.2 Å². The summed E-state index contributed by atoms with van der Waals surface area (Å²) in [5.74, 6) is 0.269. The van der Waals surface area contributed by atoms with E-state index in [4.69, 9.17) is 5.73 Å². The average molecular weight is 272 g/mol. The van der Waals surface area contributed by atoms with E-state index in [-0.39, 0.29) is 5.75 Å². The van der Waals surface area contributed by atoms with E-state index in [1.54, 1.807) is 23.5 Å². The molecule has 0 aliphatic rings. The van der Waals surface area contributed by atoms with Crippen LogP contribution in [0.5, 0.6) is 5.75 Å². The lowest BCUT2D eigenvalue weighted by Crippen LogP contribution is -1.83. The number of hydrogen-bond acceptors (Lipinski definition) is 4. The summed E-state index contributed by atoms with van der Waals surface area (Å²) in [5.41, 5.74) is 8.34. The number of rotatable bonds is 1. The minimum Gasteiger partial charge on any atom is -0.508 e. The van der Waals surface area contributed by atoms with Crippen molar-refractivity contribution in [2.45, 2.75) is 13.8 Å². The SMILES string of the molecule is CC.Nc1ccc(-c2nc3ccc(O)cc3s2)cc1. The molecule has 1 heterocycles. The lowest BCUT2D eigenvalue weighted by Gasteiger charge is -1.95. The van der Waals surface area contributed by atoms with Gasteiger partial charge in [-0.05, 0) is 42.5 Å². The Balaban J connectivity index is 0.000000637. The Labute approximate surface area is 116 Å². The number of phenols is 1. The summed E-state index contributed by atoms with van der Waals surface area (Å²) < 4.78 is 0.983. The number of hydrogen-bond donors (Lipinski definition) is 2. The highest BCUT2D eigenvalue weighted by Gasteiger charge is 2.06. The fourth-order valence-corrected chi connectivity index (χ4v) is 2.67. The van der Waals surface area contributed by atoms with Crippen molar-refractivity contribution in [2.24, 2.45) is 0 Å². The maximum Gasteiger partial charge on any atom is 0.124 e. The Bertz CT molecular complexity index is 674. The number of thiazole rings is 1. The van der Waals surface area contributed by atoms with E-state index in [0.717, 1.165) is 26.5 Å². The third-order valence-corrected chi connectivity index (χ3v) is 3.60. The van der Waals surface area contributed by atoms with Gasteiger partial charge in [-0.2, -0.15) is 0 Å². The zero-order chi connectivity index (χ0) is 13.8. The van der Waals surface area contributed by atoms with Crippen LogP contribution in [0.15, 0.2) is 42.5 Å². The highest BCUT2D eigenvalue weighted by atomic mass is 32.1. The van der Waals surface area contributed by atoms with Crippen LogP contribution < -0.4 is 5.73 Å².